The normalized spacial score (nSPS) is 10.2. The number of nitrogens with zero attached hydrogens (tertiary/aromatic N) is 1. The molecule has 0 fully saturated rings. The Morgan fingerprint density at radius 1 is 1.26 bits per heavy atom. The highest BCUT2D eigenvalue weighted by Gasteiger charge is 2.08. The molecule has 1 rings (SSSR count). The minimum atomic E-state index is -0.806. The molecule has 0 aliphatic carbocycles. The van der Waals surface area contributed by atoms with Gasteiger partial charge in [0.1, 0.15) is 0 Å². The molecule has 0 heterocycles. The highest BCUT2D eigenvalue weighted by molar-refractivity contribution is 5.97. The molecule has 1 aromatic carbocycles. The molecule has 5 nitrogen and oxygen atoms in total. The van der Waals surface area contributed by atoms with Gasteiger partial charge in [-0.05, 0) is 38.2 Å². The van der Waals surface area contributed by atoms with Crippen molar-refractivity contribution < 1.29 is 14.7 Å². The van der Waals surface area contributed by atoms with Crippen LogP contribution in [0.2, 0.25) is 0 Å². The van der Waals surface area contributed by atoms with Crippen LogP contribution in [0.25, 0.3) is 0 Å². The second-order valence-corrected chi connectivity index (χ2v) is 4.22. The van der Waals surface area contributed by atoms with Gasteiger partial charge in [0.25, 0.3) is 0 Å². The maximum absolute atomic E-state index is 11.7. The molecule has 1 aromatic rings. The van der Waals surface area contributed by atoms with Gasteiger partial charge in [0, 0.05) is 24.3 Å². The number of carboxylic acid groups (broad SMARTS) is 1. The summed E-state index contributed by atoms with van der Waals surface area (Å²) in [6.45, 7) is 3.49. The first-order valence-electron chi connectivity index (χ1n) is 6.33. The van der Waals surface area contributed by atoms with Crippen LogP contribution in [0.3, 0.4) is 0 Å². The van der Waals surface area contributed by atoms with E-state index in [0.717, 1.165) is 12.2 Å². The third-order valence-corrected chi connectivity index (χ3v) is 2.87. The van der Waals surface area contributed by atoms with Crippen LogP contribution in [0.1, 0.15) is 23.7 Å². The molecule has 0 spiro atoms. The van der Waals surface area contributed by atoms with Crippen LogP contribution >= 0.6 is 0 Å². The molecular weight excluding hydrogens is 244 g/mol. The van der Waals surface area contributed by atoms with E-state index < -0.39 is 5.97 Å². The number of hydrogen-bond donors (Lipinski definition) is 2. The second kappa shape index (κ2) is 7.53. The number of carbonyl (C=O) groups is 2. The van der Waals surface area contributed by atoms with Gasteiger partial charge in [-0.15, -0.1) is 0 Å². The van der Waals surface area contributed by atoms with Crippen LogP contribution in [-0.2, 0) is 4.79 Å². The largest absolute Gasteiger partial charge is 0.481 e. The first-order valence-corrected chi connectivity index (χ1v) is 6.33. The molecular formula is C14H20N2O3. The summed E-state index contributed by atoms with van der Waals surface area (Å²) >= 11 is 0. The Balaban J connectivity index is 2.72. The van der Waals surface area contributed by atoms with Crippen molar-refractivity contribution in [3.05, 3.63) is 29.8 Å². The highest BCUT2D eigenvalue weighted by atomic mass is 16.4. The summed E-state index contributed by atoms with van der Waals surface area (Å²) in [6.07, 6.45) is 0.105. The summed E-state index contributed by atoms with van der Waals surface area (Å²) in [7, 11) is 1.73. The molecule has 0 amide bonds. The molecule has 0 saturated heterocycles. The van der Waals surface area contributed by atoms with Crippen LogP contribution in [0.5, 0.6) is 0 Å². The fourth-order valence-electron chi connectivity index (χ4n) is 1.82. The summed E-state index contributed by atoms with van der Waals surface area (Å²) in [6, 6.07) is 7.26. The van der Waals surface area contributed by atoms with E-state index in [1.807, 2.05) is 24.0 Å². The quantitative estimate of drug-likeness (QED) is 0.694. The van der Waals surface area contributed by atoms with Crippen LogP contribution in [0.4, 0.5) is 5.69 Å². The van der Waals surface area contributed by atoms with Crippen molar-refractivity contribution in [3.8, 4) is 0 Å². The number of carboxylic acids is 1. The molecule has 0 aromatic heterocycles. The van der Waals surface area contributed by atoms with Crippen molar-refractivity contribution in [2.24, 2.45) is 0 Å². The zero-order valence-corrected chi connectivity index (χ0v) is 11.3. The Hall–Kier alpha value is -1.88. The minimum Gasteiger partial charge on any atom is -0.481 e. The Labute approximate surface area is 113 Å². The smallest absolute Gasteiger partial charge is 0.305 e. The summed E-state index contributed by atoms with van der Waals surface area (Å²) in [5.74, 6) is -0.762. The van der Waals surface area contributed by atoms with Gasteiger partial charge in [-0.3, -0.25) is 9.59 Å². The number of carbonyl (C=O) groups excluding carboxylic acids is 1. The van der Waals surface area contributed by atoms with Gasteiger partial charge in [-0.2, -0.15) is 0 Å². The Bertz CT molecular complexity index is 429. The van der Waals surface area contributed by atoms with E-state index in [4.69, 9.17) is 5.11 Å². The van der Waals surface area contributed by atoms with E-state index in [0.29, 0.717) is 18.7 Å². The molecule has 0 unspecified atom stereocenters. The van der Waals surface area contributed by atoms with E-state index >= 15 is 0 Å². The number of anilines is 1. The van der Waals surface area contributed by atoms with Gasteiger partial charge >= 0.3 is 5.97 Å². The number of aliphatic carboxylic acids is 1. The number of Topliss-reactive ketones (excluding diaryl/α,β-unsaturated/α-hetero) is 1. The van der Waals surface area contributed by atoms with Gasteiger partial charge < -0.3 is 15.3 Å². The molecule has 19 heavy (non-hydrogen) atoms. The van der Waals surface area contributed by atoms with Crippen molar-refractivity contribution in [2.75, 3.05) is 31.6 Å². The van der Waals surface area contributed by atoms with Crippen LogP contribution in [0, 0.1) is 0 Å². The lowest BCUT2D eigenvalue weighted by molar-refractivity contribution is -0.136. The molecule has 0 radical (unpaired) electrons. The van der Waals surface area contributed by atoms with Gasteiger partial charge in [-0.25, -0.2) is 0 Å². The standard InChI is InChI=1S/C14H20N2O3/c1-3-16(9-8-14(18)19)12-6-4-11(5-7-12)13(17)10-15-2/h4-7,15H,3,8-10H2,1-2H3,(H,18,19). The topological polar surface area (TPSA) is 69.6 Å². The van der Waals surface area contributed by atoms with Crippen LogP contribution in [-0.4, -0.2) is 43.5 Å². The molecule has 0 bridgehead atoms. The fraction of sp³-hybridized carbons (Fsp3) is 0.429. The highest BCUT2D eigenvalue weighted by Crippen LogP contribution is 2.15. The third-order valence-electron chi connectivity index (χ3n) is 2.87. The van der Waals surface area contributed by atoms with Crippen molar-refractivity contribution >= 4 is 17.4 Å². The molecule has 0 aliphatic rings. The fourth-order valence-corrected chi connectivity index (χ4v) is 1.82. The summed E-state index contributed by atoms with van der Waals surface area (Å²) < 4.78 is 0. The molecule has 0 saturated carbocycles. The molecule has 2 N–H and O–H groups in total. The Morgan fingerprint density at radius 3 is 2.37 bits per heavy atom. The lowest BCUT2D eigenvalue weighted by Gasteiger charge is -2.22. The van der Waals surface area contributed by atoms with Gasteiger partial charge in [0.15, 0.2) is 5.78 Å². The predicted molar refractivity (Wildman–Crippen MR) is 74.8 cm³/mol. The molecule has 104 valence electrons. The van der Waals surface area contributed by atoms with Crippen molar-refractivity contribution in [2.45, 2.75) is 13.3 Å². The summed E-state index contributed by atoms with van der Waals surface area (Å²) in [5.41, 5.74) is 1.59. The number of benzene rings is 1. The number of nitrogens with one attached hydrogen (secondary N) is 1. The van der Waals surface area contributed by atoms with E-state index in [2.05, 4.69) is 5.32 Å². The summed E-state index contributed by atoms with van der Waals surface area (Å²) in [4.78, 5) is 24.2. The van der Waals surface area contributed by atoms with Gasteiger partial charge in [0.05, 0.1) is 13.0 Å². The Morgan fingerprint density at radius 2 is 1.89 bits per heavy atom. The zero-order chi connectivity index (χ0) is 14.3. The second-order valence-electron chi connectivity index (χ2n) is 4.22. The number of rotatable bonds is 8. The Kier molecular flexibility index (Phi) is 6.02. The van der Waals surface area contributed by atoms with Gasteiger partial charge in [-0.1, -0.05) is 0 Å². The van der Waals surface area contributed by atoms with Crippen LogP contribution in [0.15, 0.2) is 24.3 Å². The van der Waals surface area contributed by atoms with E-state index in [1.54, 1.807) is 19.2 Å². The monoisotopic (exact) mass is 264 g/mol. The number of likely N-dealkylation sites (N-methyl/N-ethyl adjacent to an activating group) is 1. The SMILES string of the molecule is CCN(CCC(=O)O)c1ccc(C(=O)CNC)cc1. The van der Waals surface area contributed by atoms with E-state index in [-0.39, 0.29) is 12.2 Å². The average Bonchev–Trinajstić information content (AvgIpc) is 2.40. The third kappa shape index (κ3) is 4.71. The maximum Gasteiger partial charge on any atom is 0.305 e. The van der Waals surface area contributed by atoms with Crippen molar-refractivity contribution in [1.82, 2.24) is 5.32 Å². The minimum absolute atomic E-state index is 0.0441. The molecule has 5 heteroatoms. The predicted octanol–water partition coefficient (Wildman–Crippen LogP) is 1.39. The summed E-state index contributed by atoms with van der Waals surface area (Å²) in [5, 5.41) is 11.5. The van der Waals surface area contributed by atoms with Crippen LogP contribution < -0.4 is 10.2 Å². The number of ketones is 1. The first-order chi connectivity index (χ1) is 9.08. The van der Waals surface area contributed by atoms with E-state index in [9.17, 15) is 9.59 Å². The lowest BCUT2D eigenvalue weighted by Crippen LogP contribution is -2.25. The lowest BCUT2D eigenvalue weighted by atomic mass is 10.1. The van der Waals surface area contributed by atoms with E-state index in [1.165, 1.54) is 0 Å². The van der Waals surface area contributed by atoms with Gasteiger partial charge in [0.2, 0.25) is 0 Å². The average molecular weight is 264 g/mol. The van der Waals surface area contributed by atoms with Crippen molar-refractivity contribution in [1.29, 1.82) is 0 Å². The maximum atomic E-state index is 11.7. The molecule has 0 aliphatic heterocycles. The van der Waals surface area contributed by atoms with Crippen molar-refractivity contribution in [3.63, 3.8) is 0 Å². The zero-order valence-electron chi connectivity index (χ0n) is 11.3. The first kappa shape index (κ1) is 15.2. The number of hydrogen-bond acceptors (Lipinski definition) is 4. The molecule has 0 atom stereocenters.